The number of rotatable bonds is 5. The highest BCUT2D eigenvalue weighted by Crippen LogP contribution is 2.08. The van der Waals surface area contributed by atoms with Crippen molar-refractivity contribution in [2.75, 3.05) is 0 Å². The molecule has 0 unspecified atom stereocenters. The smallest absolute Gasteiger partial charge is 0.335 e. The molecule has 0 bridgehead atoms. The van der Waals surface area contributed by atoms with Gasteiger partial charge in [-0.2, -0.15) is 0 Å². The van der Waals surface area contributed by atoms with Crippen LogP contribution in [0.15, 0.2) is 24.3 Å². The quantitative estimate of drug-likeness (QED) is 0.742. The van der Waals surface area contributed by atoms with E-state index < -0.39 is 23.9 Å². The molecule has 0 saturated carbocycles. The van der Waals surface area contributed by atoms with E-state index in [2.05, 4.69) is 5.32 Å². The molecule has 0 spiro atoms. The summed E-state index contributed by atoms with van der Waals surface area (Å²) in [5, 5.41) is 20.2. The van der Waals surface area contributed by atoms with Gasteiger partial charge in [0.25, 0.3) is 5.91 Å². The number of hydrogen-bond acceptors (Lipinski definition) is 3. The van der Waals surface area contributed by atoms with Crippen LogP contribution in [0.1, 0.15) is 34.6 Å². The molecule has 3 N–H and O–H groups in total. The minimum Gasteiger partial charge on any atom is -0.480 e. The van der Waals surface area contributed by atoms with Crippen LogP contribution in [0, 0.1) is 5.92 Å². The van der Waals surface area contributed by atoms with Gasteiger partial charge in [0.2, 0.25) is 0 Å². The van der Waals surface area contributed by atoms with Gasteiger partial charge in [0.05, 0.1) is 5.56 Å². The van der Waals surface area contributed by atoms with Crippen molar-refractivity contribution >= 4 is 17.8 Å². The lowest BCUT2D eigenvalue weighted by atomic mass is 10.0. The number of carboxylic acids is 2. The summed E-state index contributed by atoms with van der Waals surface area (Å²) >= 11 is 0. The Kier molecular flexibility index (Phi) is 4.63. The van der Waals surface area contributed by atoms with Crippen molar-refractivity contribution in [3.05, 3.63) is 35.4 Å². The van der Waals surface area contributed by atoms with E-state index in [9.17, 15) is 14.4 Å². The molecule has 0 fully saturated rings. The molecule has 0 aliphatic rings. The first kappa shape index (κ1) is 14.7. The Hall–Kier alpha value is -2.37. The van der Waals surface area contributed by atoms with Crippen LogP contribution in [0.2, 0.25) is 0 Å². The first-order valence-corrected chi connectivity index (χ1v) is 5.70. The zero-order valence-electron chi connectivity index (χ0n) is 10.6. The standard InChI is InChI=1S/C13H15NO5/c1-7(2)10(13(18)19)14-11(15)8-4-3-5-9(6-8)12(16)17/h3-7,10H,1-2H3,(H,14,15)(H,16,17)(H,18,19)/t10-/m1/s1. The molecule has 0 aliphatic heterocycles. The molecule has 1 rings (SSSR count). The highest BCUT2D eigenvalue weighted by molar-refractivity contribution is 5.99. The zero-order valence-corrected chi connectivity index (χ0v) is 10.6. The number of carbonyl (C=O) groups is 3. The summed E-state index contributed by atoms with van der Waals surface area (Å²) in [6, 6.07) is 4.42. The largest absolute Gasteiger partial charge is 0.480 e. The van der Waals surface area contributed by atoms with Crippen LogP contribution >= 0.6 is 0 Å². The molecular formula is C13H15NO5. The number of nitrogens with one attached hydrogen (secondary N) is 1. The van der Waals surface area contributed by atoms with Gasteiger partial charge in [0.1, 0.15) is 6.04 Å². The Labute approximate surface area is 110 Å². The summed E-state index contributed by atoms with van der Waals surface area (Å²) in [7, 11) is 0. The molecule has 1 aromatic carbocycles. The van der Waals surface area contributed by atoms with E-state index in [1.807, 2.05) is 0 Å². The van der Waals surface area contributed by atoms with Crippen LogP contribution in [0.25, 0.3) is 0 Å². The molecule has 1 atom stereocenters. The van der Waals surface area contributed by atoms with Crippen molar-refractivity contribution in [2.24, 2.45) is 5.92 Å². The molecule has 0 radical (unpaired) electrons. The highest BCUT2D eigenvalue weighted by atomic mass is 16.4. The summed E-state index contributed by atoms with van der Waals surface area (Å²) in [5.41, 5.74) is 0.0934. The lowest BCUT2D eigenvalue weighted by molar-refractivity contribution is -0.140. The zero-order chi connectivity index (χ0) is 14.6. The molecule has 1 aromatic rings. The second-order valence-electron chi connectivity index (χ2n) is 4.42. The van der Waals surface area contributed by atoms with Gasteiger partial charge in [-0.3, -0.25) is 4.79 Å². The van der Waals surface area contributed by atoms with Crippen molar-refractivity contribution < 1.29 is 24.6 Å². The third kappa shape index (κ3) is 3.80. The molecule has 0 saturated heterocycles. The maximum absolute atomic E-state index is 11.9. The Balaban J connectivity index is 2.91. The first-order valence-electron chi connectivity index (χ1n) is 5.70. The molecule has 0 aromatic heterocycles. The fourth-order valence-electron chi connectivity index (χ4n) is 1.53. The first-order chi connectivity index (χ1) is 8.82. The number of aliphatic carboxylic acids is 1. The minimum atomic E-state index is -1.15. The van der Waals surface area contributed by atoms with E-state index in [0.29, 0.717) is 0 Å². The van der Waals surface area contributed by atoms with Gasteiger partial charge < -0.3 is 15.5 Å². The van der Waals surface area contributed by atoms with Gasteiger partial charge in [-0.1, -0.05) is 19.9 Å². The normalized spacial score (nSPS) is 11.9. The number of amides is 1. The van der Waals surface area contributed by atoms with E-state index >= 15 is 0 Å². The minimum absolute atomic E-state index is 0.0240. The Morgan fingerprint density at radius 3 is 2.16 bits per heavy atom. The van der Waals surface area contributed by atoms with Crippen molar-refractivity contribution in [3.63, 3.8) is 0 Å². The molecular weight excluding hydrogens is 250 g/mol. The fourth-order valence-corrected chi connectivity index (χ4v) is 1.53. The topological polar surface area (TPSA) is 104 Å². The van der Waals surface area contributed by atoms with Crippen molar-refractivity contribution in [1.82, 2.24) is 5.32 Å². The molecule has 1 amide bonds. The summed E-state index contributed by atoms with van der Waals surface area (Å²) in [6.07, 6.45) is 0. The fraction of sp³-hybridized carbons (Fsp3) is 0.308. The number of hydrogen-bond donors (Lipinski definition) is 3. The lowest BCUT2D eigenvalue weighted by Crippen LogP contribution is -2.44. The molecule has 6 heteroatoms. The van der Waals surface area contributed by atoms with Gasteiger partial charge in [0, 0.05) is 5.56 Å². The van der Waals surface area contributed by atoms with E-state index in [4.69, 9.17) is 10.2 Å². The van der Waals surface area contributed by atoms with Crippen LogP contribution in [0.3, 0.4) is 0 Å². The van der Waals surface area contributed by atoms with Crippen molar-refractivity contribution in [1.29, 1.82) is 0 Å². The predicted octanol–water partition coefficient (Wildman–Crippen LogP) is 1.22. The number of benzene rings is 1. The van der Waals surface area contributed by atoms with Crippen molar-refractivity contribution in [2.45, 2.75) is 19.9 Å². The second-order valence-corrected chi connectivity index (χ2v) is 4.42. The van der Waals surface area contributed by atoms with Crippen LogP contribution in [0.5, 0.6) is 0 Å². The van der Waals surface area contributed by atoms with Gasteiger partial charge in [0.15, 0.2) is 0 Å². The second kappa shape index (κ2) is 5.99. The van der Waals surface area contributed by atoms with E-state index in [0.717, 1.165) is 0 Å². The Morgan fingerprint density at radius 1 is 1.11 bits per heavy atom. The van der Waals surface area contributed by atoms with E-state index in [-0.39, 0.29) is 17.0 Å². The molecule has 0 aliphatic carbocycles. The SMILES string of the molecule is CC(C)[C@@H](NC(=O)c1cccc(C(=O)O)c1)C(=O)O. The van der Waals surface area contributed by atoms with Crippen LogP contribution < -0.4 is 5.32 Å². The van der Waals surface area contributed by atoms with Crippen LogP contribution in [-0.2, 0) is 4.79 Å². The number of aromatic carboxylic acids is 1. The van der Waals surface area contributed by atoms with Gasteiger partial charge in [-0.05, 0) is 24.1 Å². The van der Waals surface area contributed by atoms with Crippen molar-refractivity contribution in [3.8, 4) is 0 Å². The molecule has 102 valence electrons. The Morgan fingerprint density at radius 2 is 1.68 bits per heavy atom. The summed E-state index contributed by atoms with van der Waals surface area (Å²) in [4.78, 5) is 33.6. The van der Waals surface area contributed by atoms with E-state index in [1.54, 1.807) is 13.8 Å². The van der Waals surface area contributed by atoms with Gasteiger partial charge >= 0.3 is 11.9 Å². The molecule has 19 heavy (non-hydrogen) atoms. The average Bonchev–Trinajstić information content (AvgIpc) is 2.34. The molecule has 0 heterocycles. The maximum atomic E-state index is 11.9. The third-order valence-corrected chi connectivity index (χ3v) is 2.59. The monoisotopic (exact) mass is 265 g/mol. The maximum Gasteiger partial charge on any atom is 0.335 e. The van der Waals surface area contributed by atoms with Gasteiger partial charge in [-0.25, -0.2) is 9.59 Å². The lowest BCUT2D eigenvalue weighted by Gasteiger charge is -2.17. The van der Waals surface area contributed by atoms with Gasteiger partial charge in [-0.15, -0.1) is 0 Å². The summed E-state index contributed by atoms with van der Waals surface area (Å²) in [6.45, 7) is 3.35. The van der Waals surface area contributed by atoms with Crippen LogP contribution in [-0.4, -0.2) is 34.1 Å². The van der Waals surface area contributed by atoms with Crippen LogP contribution in [0.4, 0.5) is 0 Å². The highest BCUT2D eigenvalue weighted by Gasteiger charge is 2.24. The molecule has 6 nitrogen and oxygen atoms in total. The predicted molar refractivity (Wildman–Crippen MR) is 67.1 cm³/mol. The Bertz CT molecular complexity index is 510. The number of carboxylic acid groups (broad SMARTS) is 2. The number of carbonyl (C=O) groups excluding carboxylic acids is 1. The third-order valence-electron chi connectivity index (χ3n) is 2.59. The summed E-state index contributed by atoms with van der Waals surface area (Å²) < 4.78 is 0. The summed E-state index contributed by atoms with van der Waals surface area (Å²) in [5.74, 6) is -3.15. The van der Waals surface area contributed by atoms with E-state index in [1.165, 1.54) is 24.3 Å². The average molecular weight is 265 g/mol.